The molecule has 3 N–H and O–H groups in total. The van der Waals surface area contributed by atoms with Crippen LogP contribution in [-0.4, -0.2) is 66.3 Å². The van der Waals surface area contributed by atoms with Crippen LogP contribution in [0.15, 0.2) is 88.7 Å². The second-order valence-corrected chi connectivity index (χ2v) is 19.4. The first kappa shape index (κ1) is 39.7. The van der Waals surface area contributed by atoms with Gasteiger partial charge >= 0.3 is 11.8 Å². The van der Waals surface area contributed by atoms with Crippen molar-refractivity contribution < 1.29 is 19.7 Å². The molecule has 9 rings (SSSR count). The summed E-state index contributed by atoms with van der Waals surface area (Å²) in [4.78, 5) is 32.9. The summed E-state index contributed by atoms with van der Waals surface area (Å²) < 4.78 is 7.76. The number of likely N-dealkylation sites (tertiary alicyclic amines) is 1. The number of nitrogens with zero attached hydrogens (tertiary/aromatic N) is 4. The van der Waals surface area contributed by atoms with Crippen molar-refractivity contribution in [2.75, 3.05) is 13.1 Å². The van der Waals surface area contributed by atoms with E-state index in [9.17, 15) is 19.8 Å². The van der Waals surface area contributed by atoms with Crippen LogP contribution in [0.5, 0.6) is 0 Å². The Morgan fingerprint density at radius 2 is 1.76 bits per heavy atom. The maximum absolute atomic E-state index is 13.5. The maximum Gasteiger partial charge on any atom is 0.410 e. The van der Waals surface area contributed by atoms with Crippen LogP contribution in [0.3, 0.4) is 0 Å². The van der Waals surface area contributed by atoms with Gasteiger partial charge in [0.15, 0.2) is 5.82 Å². The highest BCUT2D eigenvalue weighted by molar-refractivity contribution is 5.73. The first-order valence-electron chi connectivity index (χ1n) is 22.2. The summed E-state index contributed by atoms with van der Waals surface area (Å²) in [6.07, 6.45) is 19.9. The van der Waals surface area contributed by atoms with Crippen molar-refractivity contribution in [2.45, 2.75) is 111 Å². The van der Waals surface area contributed by atoms with Crippen molar-refractivity contribution >= 4 is 17.2 Å². The van der Waals surface area contributed by atoms with Gasteiger partial charge in [-0.2, -0.15) is 5.10 Å². The molecule has 6 aliphatic rings. The van der Waals surface area contributed by atoms with Crippen LogP contribution in [0.2, 0.25) is 0 Å². The van der Waals surface area contributed by atoms with Crippen LogP contribution in [0.25, 0.3) is 16.8 Å². The fourth-order valence-electron chi connectivity index (χ4n) is 12.3. The van der Waals surface area contributed by atoms with E-state index in [4.69, 9.17) is 4.74 Å². The first-order chi connectivity index (χ1) is 28.4. The van der Waals surface area contributed by atoms with Gasteiger partial charge in [-0.25, -0.2) is 19.3 Å². The molecule has 3 heterocycles. The molecule has 1 aromatic carbocycles. The number of aliphatic hydroxyl groups is 2. The molecule has 1 aliphatic heterocycles. The third-order valence-electron chi connectivity index (χ3n) is 15.9. The topological polar surface area (TPSA) is 134 Å². The molecule has 1 amide bonds. The minimum atomic E-state index is -0.999. The quantitative estimate of drug-likeness (QED) is 0.203. The van der Waals surface area contributed by atoms with E-state index in [1.54, 1.807) is 13.0 Å². The number of benzene rings is 1. The van der Waals surface area contributed by atoms with Crippen molar-refractivity contribution in [1.29, 1.82) is 0 Å². The first-order valence-corrected chi connectivity index (χ1v) is 22.2. The van der Waals surface area contributed by atoms with Gasteiger partial charge in [-0.15, -0.1) is 0 Å². The Labute approximate surface area is 348 Å². The molecule has 2 aromatic heterocycles. The van der Waals surface area contributed by atoms with Crippen LogP contribution in [-0.2, 0) is 11.2 Å². The molecule has 2 saturated carbocycles. The lowest BCUT2D eigenvalue weighted by molar-refractivity contribution is -0.0302. The molecule has 8 atom stereocenters. The van der Waals surface area contributed by atoms with Gasteiger partial charge in [0.05, 0.1) is 11.8 Å². The number of carbonyl (C=O) groups is 1. The van der Waals surface area contributed by atoms with E-state index >= 15 is 0 Å². The van der Waals surface area contributed by atoms with Crippen LogP contribution in [0.1, 0.15) is 109 Å². The van der Waals surface area contributed by atoms with Gasteiger partial charge in [-0.1, -0.05) is 70.5 Å². The maximum atomic E-state index is 13.5. The fourth-order valence-corrected chi connectivity index (χ4v) is 12.3. The Morgan fingerprint density at radius 3 is 2.49 bits per heavy atom. The van der Waals surface area contributed by atoms with E-state index in [1.165, 1.54) is 39.7 Å². The lowest BCUT2D eigenvalue weighted by Gasteiger charge is -2.58. The number of pyridine rings is 1. The number of ether oxygens (including phenoxy) is 1. The van der Waals surface area contributed by atoms with Crippen LogP contribution in [0.4, 0.5) is 4.79 Å². The highest BCUT2D eigenvalue weighted by Crippen LogP contribution is 2.66. The Balaban J connectivity index is 0.784. The van der Waals surface area contributed by atoms with E-state index in [0.29, 0.717) is 53.8 Å². The second kappa shape index (κ2) is 15.4. The third-order valence-corrected chi connectivity index (χ3v) is 15.9. The van der Waals surface area contributed by atoms with Crippen LogP contribution in [0, 0.1) is 46.3 Å². The molecule has 10 heteroatoms. The average molecular weight is 800 g/mol. The van der Waals surface area contributed by atoms with Gasteiger partial charge in [0.2, 0.25) is 0 Å². The second-order valence-electron chi connectivity index (χ2n) is 19.4. The van der Waals surface area contributed by atoms with Gasteiger partial charge in [-0.3, -0.25) is 4.98 Å². The Bertz CT molecular complexity index is 2260. The van der Waals surface area contributed by atoms with Crippen molar-refractivity contribution in [1.82, 2.24) is 24.6 Å². The number of carbonyl (C=O) groups excluding carboxylic acids is 1. The van der Waals surface area contributed by atoms with Crippen molar-refractivity contribution in [3.05, 3.63) is 111 Å². The van der Waals surface area contributed by atoms with Crippen molar-refractivity contribution in [2.24, 2.45) is 46.3 Å². The number of hydrogen-bond acceptors (Lipinski definition) is 7. The van der Waals surface area contributed by atoms with Gasteiger partial charge < -0.3 is 19.8 Å². The fraction of sp³-hybridized carbons (Fsp3) is 0.551. The molecule has 1 saturated heterocycles. The molecule has 5 aliphatic carbocycles. The summed E-state index contributed by atoms with van der Waals surface area (Å²) in [5.41, 5.74) is 7.39. The highest BCUT2D eigenvalue weighted by atomic mass is 16.6. The zero-order chi connectivity index (χ0) is 41.2. The molecule has 10 nitrogen and oxygen atoms in total. The Hall–Kier alpha value is -4.70. The number of aromatic nitrogens is 4. The molecule has 3 fully saturated rings. The smallest absolute Gasteiger partial charge is 0.410 e. The molecule has 0 spiro atoms. The van der Waals surface area contributed by atoms with E-state index in [0.717, 1.165) is 56.9 Å². The predicted octanol–water partition coefficient (Wildman–Crippen LogP) is 9.23. The molecule has 312 valence electrons. The number of hydrogen-bond donors (Lipinski definition) is 3. The summed E-state index contributed by atoms with van der Waals surface area (Å²) in [5.74, 6) is 2.53. The third kappa shape index (κ3) is 6.93. The van der Waals surface area contributed by atoms with Gasteiger partial charge in [0.25, 0.3) is 0 Å². The molecular formula is C49H61N5O5. The van der Waals surface area contributed by atoms with E-state index in [-0.39, 0.29) is 34.7 Å². The number of fused-ring (bicyclic) bond motifs is 5. The summed E-state index contributed by atoms with van der Waals surface area (Å²) in [6, 6.07) is 12.2. The average Bonchev–Trinajstić information content (AvgIpc) is 3.80. The Morgan fingerprint density at radius 1 is 1.00 bits per heavy atom. The number of aliphatic hydroxyl groups excluding tert-OH is 2. The molecule has 0 bridgehead atoms. The summed E-state index contributed by atoms with van der Waals surface area (Å²) in [7, 11) is 0. The normalized spacial score (nSPS) is 32.2. The molecule has 2 unspecified atom stereocenters. The van der Waals surface area contributed by atoms with Crippen LogP contribution < -0.4 is 5.69 Å². The van der Waals surface area contributed by atoms with Gasteiger partial charge in [0, 0.05) is 43.4 Å². The lowest BCUT2D eigenvalue weighted by Crippen LogP contribution is -2.50. The van der Waals surface area contributed by atoms with Gasteiger partial charge in [0.1, 0.15) is 11.9 Å². The minimum absolute atomic E-state index is 0.0415. The number of rotatable bonds is 7. The number of H-pyrrole nitrogens is 1. The molecule has 0 radical (unpaired) electrons. The SMILES string of the molecule is CC(C)C1=C(O)C(C)C(O)C(c2n[nH]c(=O)n2-c2ccc(CC3CCN(C(=O)O[C@H]4CC[C@@]5(C)C(=CC[C@@H]6[C@@H]5CC[C@]5(C)C(c7cccnc7)=CC[C@@H]65)C4)CC3)cc2)=C1. The number of nitrogens with one attached hydrogen (secondary N) is 1. The van der Waals surface area contributed by atoms with Crippen LogP contribution >= 0.6 is 0 Å². The number of allylic oxidation sites excluding steroid dienone is 5. The largest absolute Gasteiger partial charge is 0.512 e. The molecule has 3 aromatic rings. The number of aromatic amines is 1. The summed E-state index contributed by atoms with van der Waals surface area (Å²) in [5, 5.41) is 28.6. The molecular weight excluding hydrogens is 739 g/mol. The van der Waals surface area contributed by atoms with Crippen molar-refractivity contribution in [3.63, 3.8) is 0 Å². The zero-order valence-electron chi connectivity index (χ0n) is 35.4. The minimum Gasteiger partial charge on any atom is -0.512 e. The predicted molar refractivity (Wildman–Crippen MR) is 229 cm³/mol. The highest BCUT2D eigenvalue weighted by Gasteiger charge is 2.57. The van der Waals surface area contributed by atoms with E-state index in [1.807, 2.05) is 55.4 Å². The summed E-state index contributed by atoms with van der Waals surface area (Å²) in [6.45, 7) is 12.2. The number of amides is 1. The summed E-state index contributed by atoms with van der Waals surface area (Å²) >= 11 is 0. The van der Waals surface area contributed by atoms with Crippen molar-refractivity contribution in [3.8, 4) is 5.69 Å². The van der Waals surface area contributed by atoms with E-state index in [2.05, 4.69) is 53.3 Å². The Kier molecular flexibility index (Phi) is 10.4. The standard InChI is InChI=1S/C49H61N5O5/c1-29(2)38-27-39(44(56)30(3)43(38)55)45-51-52-46(57)54(45)35-11-8-31(9-12-35)25-32-18-23-53(24-19-32)47(58)59-36-16-20-48(4)34(26-36)10-13-37-41-15-14-40(33-7-6-22-50-28-33)49(41,5)21-17-42(37)48/h6-12,14,22,27-30,32,36-37,41-42,44,55-56H,13,15-21,23-26H2,1-5H3,(H,52,57)/t30?,36-,37-,41-,42-,44?,48-,49+/m0/s1. The zero-order valence-corrected chi connectivity index (χ0v) is 35.4. The van der Waals surface area contributed by atoms with E-state index < -0.39 is 17.7 Å². The lowest BCUT2D eigenvalue weighted by atomic mass is 9.47. The monoisotopic (exact) mass is 799 g/mol. The molecule has 59 heavy (non-hydrogen) atoms. The van der Waals surface area contributed by atoms with Gasteiger partial charge in [-0.05, 0) is 145 Å². The number of piperidine rings is 1.